The fourth-order valence-corrected chi connectivity index (χ4v) is 5.33. The number of nitrogens with zero attached hydrogens (tertiary/aromatic N) is 2. The van der Waals surface area contributed by atoms with Crippen molar-refractivity contribution in [2.45, 2.75) is 64.8 Å². The Bertz CT molecular complexity index is 921. The van der Waals surface area contributed by atoms with Crippen molar-refractivity contribution in [1.29, 1.82) is 0 Å². The monoisotopic (exact) mass is 371 g/mol. The van der Waals surface area contributed by atoms with Crippen LogP contribution < -0.4 is 5.56 Å². The summed E-state index contributed by atoms with van der Waals surface area (Å²) < 4.78 is 0. The molecule has 1 unspecified atom stereocenters. The number of hydrogen-bond donors (Lipinski definition) is 1. The Balaban J connectivity index is 1.75. The van der Waals surface area contributed by atoms with E-state index < -0.39 is 0 Å². The average molecular weight is 372 g/mol. The van der Waals surface area contributed by atoms with Crippen LogP contribution in [-0.2, 0) is 4.79 Å². The van der Waals surface area contributed by atoms with Crippen molar-refractivity contribution in [2.24, 2.45) is 11.0 Å². The maximum atomic E-state index is 12.7. The van der Waals surface area contributed by atoms with Gasteiger partial charge in [0.2, 0.25) is 5.91 Å². The number of carbonyl (C=O) groups is 1. The number of amides is 1. The van der Waals surface area contributed by atoms with Crippen molar-refractivity contribution in [3.05, 3.63) is 32.9 Å². The Labute approximate surface area is 157 Å². The van der Waals surface area contributed by atoms with Crippen molar-refractivity contribution < 1.29 is 4.79 Å². The van der Waals surface area contributed by atoms with Gasteiger partial charge < -0.3 is 4.98 Å². The zero-order chi connectivity index (χ0) is 18.3. The average Bonchev–Trinajstić information content (AvgIpc) is 3.29. The van der Waals surface area contributed by atoms with Gasteiger partial charge in [0.1, 0.15) is 4.83 Å². The normalized spacial score (nSPS) is 21.4. The maximum Gasteiger partial charge on any atom is 0.258 e. The first kappa shape index (κ1) is 17.5. The van der Waals surface area contributed by atoms with Crippen molar-refractivity contribution in [2.75, 3.05) is 0 Å². The largest absolute Gasteiger partial charge is 0.313 e. The van der Waals surface area contributed by atoms with E-state index in [1.54, 1.807) is 5.01 Å². The van der Waals surface area contributed by atoms with Crippen molar-refractivity contribution in [1.82, 2.24) is 9.99 Å². The molecule has 2 aliphatic rings. The highest BCUT2D eigenvalue weighted by atomic mass is 32.1. The van der Waals surface area contributed by atoms with Gasteiger partial charge >= 0.3 is 0 Å². The Kier molecular flexibility index (Phi) is 4.69. The molecule has 0 radical (unpaired) electrons. The minimum absolute atomic E-state index is 0.0567. The van der Waals surface area contributed by atoms with Gasteiger partial charge in [-0.2, -0.15) is 5.10 Å². The lowest BCUT2D eigenvalue weighted by Crippen LogP contribution is -2.38. The summed E-state index contributed by atoms with van der Waals surface area (Å²) in [6.45, 7) is 3.87. The summed E-state index contributed by atoms with van der Waals surface area (Å²) in [4.78, 5) is 29.1. The zero-order valence-corrected chi connectivity index (χ0v) is 16.2. The van der Waals surface area contributed by atoms with Crippen LogP contribution in [0.1, 0.15) is 63.0 Å². The molecule has 0 spiro atoms. The van der Waals surface area contributed by atoms with Crippen molar-refractivity contribution in [3.63, 3.8) is 0 Å². The summed E-state index contributed by atoms with van der Waals surface area (Å²) in [7, 11) is 0. The maximum absolute atomic E-state index is 12.7. The molecule has 2 aromatic rings. The highest BCUT2D eigenvalue weighted by molar-refractivity contribution is 7.16. The molecule has 138 valence electrons. The van der Waals surface area contributed by atoms with Crippen LogP contribution in [0.5, 0.6) is 0 Å². The number of hydrogen-bond acceptors (Lipinski definition) is 4. The Morgan fingerprint density at radius 2 is 2.12 bits per heavy atom. The molecule has 2 aromatic heterocycles. The van der Waals surface area contributed by atoms with Crippen LogP contribution in [0.4, 0.5) is 0 Å². The molecular formula is C20H25N3O2S. The van der Waals surface area contributed by atoms with E-state index in [0.29, 0.717) is 24.3 Å². The van der Waals surface area contributed by atoms with E-state index in [1.807, 2.05) is 25.3 Å². The number of rotatable bonds is 3. The molecule has 0 bridgehead atoms. The number of H-pyrrole nitrogens is 1. The van der Waals surface area contributed by atoms with E-state index in [0.717, 1.165) is 34.3 Å². The molecule has 1 saturated carbocycles. The molecule has 6 heteroatoms. The predicted octanol–water partition coefficient (Wildman–Crippen LogP) is 4.19. The first-order valence-electron chi connectivity index (χ1n) is 9.60. The third kappa shape index (κ3) is 2.90. The summed E-state index contributed by atoms with van der Waals surface area (Å²) in [6, 6.07) is 2.15. The smallest absolute Gasteiger partial charge is 0.258 e. The number of thiophene rings is 1. The standard InChI is InChI=1S/C20H25N3O2S/c1-3-17(24)23-16(13-7-5-4-6-8-13)11-15(22-23)18-12(2)14-9-10-26-20(14)21-19(18)25/h9-10,13,16H,3-8,11H2,1-2H3,(H,21,25). The second kappa shape index (κ2) is 6.99. The summed E-state index contributed by atoms with van der Waals surface area (Å²) >= 11 is 1.54. The van der Waals surface area contributed by atoms with Gasteiger partial charge in [0, 0.05) is 18.2 Å². The van der Waals surface area contributed by atoms with Crippen LogP contribution in [-0.4, -0.2) is 27.7 Å². The number of aromatic amines is 1. The van der Waals surface area contributed by atoms with Crippen LogP contribution in [0.3, 0.4) is 0 Å². The van der Waals surface area contributed by atoms with Gasteiger partial charge in [0.05, 0.1) is 17.3 Å². The number of hydrazone groups is 1. The fourth-order valence-electron chi connectivity index (χ4n) is 4.49. The Hall–Kier alpha value is -1.95. The van der Waals surface area contributed by atoms with Crippen LogP contribution in [0, 0.1) is 12.8 Å². The third-order valence-corrected chi connectivity index (χ3v) is 6.71. The molecule has 1 N–H and O–H groups in total. The third-order valence-electron chi connectivity index (χ3n) is 5.88. The van der Waals surface area contributed by atoms with Gasteiger partial charge in [-0.1, -0.05) is 26.2 Å². The Morgan fingerprint density at radius 3 is 2.85 bits per heavy atom. The molecule has 1 amide bonds. The van der Waals surface area contributed by atoms with Gasteiger partial charge in [-0.3, -0.25) is 9.59 Å². The summed E-state index contributed by atoms with van der Waals surface area (Å²) in [6.07, 6.45) is 7.18. The van der Waals surface area contributed by atoms with Gasteiger partial charge in [-0.15, -0.1) is 11.3 Å². The van der Waals surface area contributed by atoms with E-state index >= 15 is 0 Å². The summed E-state index contributed by atoms with van der Waals surface area (Å²) in [5.41, 5.74) is 2.30. The number of aryl methyl sites for hydroxylation is 1. The molecule has 1 aliphatic carbocycles. The number of fused-ring (bicyclic) bond motifs is 1. The van der Waals surface area contributed by atoms with Crippen molar-refractivity contribution >= 4 is 33.2 Å². The fraction of sp³-hybridized carbons (Fsp3) is 0.550. The first-order chi connectivity index (χ1) is 12.6. The lowest BCUT2D eigenvalue weighted by Gasteiger charge is -2.32. The zero-order valence-electron chi connectivity index (χ0n) is 15.4. The van der Waals surface area contributed by atoms with Crippen LogP contribution >= 0.6 is 11.3 Å². The van der Waals surface area contributed by atoms with Gasteiger partial charge in [0.15, 0.2) is 0 Å². The molecule has 1 aliphatic heterocycles. The highest BCUT2D eigenvalue weighted by Gasteiger charge is 2.38. The highest BCUT2D eigenvalue weighted by Crippen LogP contribution is 2.35. The van der Waals surface area contributed by atoms with Gasteiger partial charge in [-0.25, -0.2) is 5.01 Å². The molecule has 1 atom stereocenters. The molecule has 1 fully saturated rings. The number of nitrogens with one attached hydrogen (secondary N) is 1. The van der Waals surface area contributed by atoms with Crippen molar-refractivity contribution in [3.8, 4) is 0 Å². The molecule has 26 heavy (non-hydrogen) atoms. The Morgan fingerprint density at radius 1 is 1.35 bits per heavy atom. The predicted molar refractivity (Wildman–Crippen MR) is 106 cm³/mol. The lowest BCUT2D eigenvalue weighted by molar-refractivity contribution is -0.133. The van der Waals surface area contributed by atoms with E-state index in [9.17, 15) is 9.59 Å². The quantitative estimate of drug-likeness (QED) is 0.879. The molecule has 5 nitrogen and oxygen atoms in total. The molecule has 0 aromatic carbocycles. The van der Waals surface area contributed by atoms with Crippen LogP contribution in [0.25, 0.3) is 10.2 Å². The second-order valence-electron chi connectivity index (χ2n) is 7.43. The number of pyridine rings is 1. The van der Waals surface area contributed by atoms with E-state index in [2.05, 4.69) is 10.1 Å². The van der Waals surface area contributed by atoms with Crippen LogP contribution in [0.2, 0.25) is 0 Å². The minimum atomic E-state index is -0.0932. The van der Waals surface area contributed by atoms with Crippen LogP contribution in [0.15, 0.2) is 21.3 Å². The molecule has 0 saturated heterocycles. The lowest BCUT2D eigenvalue weighted by atomic mass is 9.81. The van der Waals surface area contributed by atoms with Gasteiger partial charge in [-0.05, 0) is 42.7 Å². The second-order valence-corrected chi connectivity index (χ2v) is 8.34. The summed E-state index contributed by atoms with van der Waals surface area (Å²) in [5, 5.41) is 9.44. The SMILES string of the molecule is CCC(=O)N1N=C(c2c(C)c3ccsc3[nH]c2=O)CC1C1CCCCC1. The topological polar surface area (TPSA) is 65.5 Å². The minimum Gasteiger partial charge on any atom is -0.313 e. The van der Waals surface area contributed by atoms with E-state index in [4.69, 9.17) is 0 Å². The van der Waals surface area contributed by atoms with E-state index in [1.165, 1.54) is 30.6 Å². The molecular weight excluding hydrogens is 346 g/mol. The van der Waals surface area contributed by atoms with E-state index in [-0.39, 0.29) is 17.5 Å². The summed E-state index contributed by atoms with van der Waals surface area (Å²) in [5.74, 6) is 0.547. The number of aromatic nitrogens is 1. The first-order valence-corrected chi connectivity index (χ1v) is 10.5. The number of carbonyl (C=O) groups excluding carboxylic acids is 1. The van der Waals surface area contributed by atoms with Gasteiger partial charge in [0.25, 0.3) is 5.56 Å². The molecule has 3 heterocycles. The molecule has 4 rings (SSSR count).